The molecule has 1 N–H and O–H groups in total. The van der Waals surface area contributed by atoms with Gasteiger partial charge in [0.25, 0.3) is 0 Å². The van der Waals surface area contributed by atoms with Gasteiger partial charge in [-0.05, 0) is 0 Å². The van der Waals surface area contributed by atoms with Crippen molar-refractivity contribution in [3.63, 3.8) is 0 Å². The summed E-state index contributed by atoms with van der Waals surface area (Å²) in [6.07, 6.45) is -33.9. The quantitative estimate of drug-likeness (QED) is 0.413. The summed E-state index contributed by atoms with van der Waals surface area (Å²) in [7, 11) is 0. The molecule has 2 nitrogen and oxygen atoms in total. The summed E-state index contributed by atoms with van der Waals surface area (Å²) in [4.78, 5) is 0. The Kier molecular flexibility index (Phi) is 3.51. The van der Waals surface area contributed by atoms with Gasteiger partial charge in [-0.25, -0.2) is 0 Å². The summed E-state index contributed by atoms with van der Waals surface area (Å²) in [5, 5.41) is 1.70. The molecule has 0 spiro atoms. The molecule has 2 heterocycles. The molecule has 0 aromatic carbocycles. The van der Waals surface area contributed by atoms with Gasteiger partial charge < -0.3 is 0 Å². The van der Waals surface area contributed by atoms with Crippen molar-refractivity contribution >= 4 is 17.5 Å². The highest BCUT2D eigenvalue weighted by Gasteiger charge is 3.22. The lowest BCUT2D eigenvalue weighted by Gasteiger charge is -2.62. The minimum atomic E-state index is -7.08. The highest BCUT2D eigenvalue weighted by Crippen LogP contribution is 2.99. The molecule has 1 saturated carbocycles. The van der Waals surface area contributed by atoms with Crippen LogP contribution >= 0.6 is 11.8 Å². The number of hydrazone groups is 1. The number of halogens is 15. The molecule has 18 heteroatoms. The normalized spacial score (nSPS) is 40.9. The number of nitrogens with one attached hydrogen (secondary N) is 1. The summed E-state index contributed by atoms with van der Waals surface area (Å²) < 4.78 is 190. The van der Waals surface area contributed by atoms with Crippen molar-refractivity contribution < 1.29 is 65.9 Å². The van der Waals surface area contributed by atoms with Crippen LogP contribution in [0.1, 0.15) is 0 Å². The molecule has 4 atom stereocenters. The van der Waals surface area contributed by atoms with Gasteiger partial charge in [-0.15, -0.1) is 11.8 Å². The Bertz CT molecular complexity index is 755. The zero-order valence-corrected chi connectivity index (χ0v) is 12.8. The van der Waals surface area contributed by atoms with E-state index >= 15 is 0 Å². The van der Waals surface area contributed by atoms with Crippen LogP contribution in [0, 0.1) is 5.41 Å². The van der Waals surface area contributed by atoms with E-state index in [0.717, 1.165) is 0 Å². The fourth-order valence-corrected chi connectivity index (χ4v) is 6.48. The average molecular weight is 466 g/mol. The molecule has 2 aliphatic heterocycles. The molecule has 162 valence electrons. The maximum Gasteiger partial charge on any atom is 0.432 e. The molecule has 1 saturated heterocycles. The van der Waals surface area contributed by atoms with E-state index in [1.54, 1.807) is 5.10 Å². The number of fused-ring (bicyclic) bond motifs is 4. The van der Waals surface area contributed by atoms with Gasteiger partial charge in [0.1, 0.15) is 0 Å². The van der Waals surface area contributed by atoms with Gasteiger partial charge >= 0.3 is 30.9 Å². The Morgan fingerprint density at radius 1 is 0.607 bits per heavy atom. The third kappa shape index (κ3) is 1.63. The molecule has 0 radical (unpaired) electrons. The number of alkyl halides is 15. The average Bonchev–Trinajstić information content (AvgIpc) is 2.87. The lowest BCUT2D eigenvalue weighted by Crippen LogP contribution is -2.94. The molecule has 2 fully saturated rings. The first-order valence-electron chi connectivity index (χ1n) is 6.44. The van der Waals surface area contributed by atoms with Gasteiger partial charge in [0.05, 0.1) is 0 Å². The fraction of sp³-hybridized carbons (Fsp3) is 0.900. The molecule has 28 heavy (non-hydrogen) atoms. The highest BCUT2D eigenvalue weighted by atomic mass is 32.2. The number of rotatable bonds is 0. The molecule has 3 aliphatic rings. The maximum absolute atomic E-state index is 13.6. The predicted octanol–water partition coefficient (Wildman–Crippen LogP) is 4.72. The number of hydrogen-bond donors (Lipinski definition) is 1. The molecule has 0 aromatic heterocycles. The van der Waals surface area contributed by atoms with Crippen LogP contribution in [0.15, 0.2) is 5.10 Å². The zero-order chi connectivity index (χ0) is 22.2. The third-order valence-electron chi connectivity index (χ3n) is 4.99. The second-order valence-electron chi connectivity index (χ2n) is 6.03. The van der Waals surface area contributed by atoms with Crippen LogP contribution < -0.4 is 5.43 Å². The minimum Gasteiger partial charge on any atom is -0.291 e. The van der Waals surface area contributed by atoms with Crippen molar-refractivity contribution in [1.82, 2.24) is 5.43 Å². The topological polar surface area (TPSA) is 24.4 Å². The molecule has 0 bridgehead atoms. The maximum atomic E-state index is 13.6. The van der Waals surface area contributed by atoms with Crippen LogP contribution in [0.3, 0.4) is 0 Å². The van der Waals surface area contributed by atoms with Crippen LogP contribution in [0.5, 0.6) is 0 Å². The standard InChI is InChI=1S/C10HF15N2S/c11-3(12,13)1-2(7(14,15)16)4(27-26-1,8(17,18)19)6(10(23,24)25)5(2,28-6)9(20,21)22/h27H/t2-,4-,5-,6+/m0/s1. The second kappa shape index (κ2) is 4.58. The van der Waals surface area contributed by atoms with E-state index in [1.165, 1.54) is 0 Å². The van der Waals surface area contributed by atoms with Crippen LogP contribution in [-0.2, 0) is 0 Å². The molecular formula is C10HF15N2S. The number of hydrogen-bond acceptors (Lipinski definition) is 3. The van der Waals surface area contributed by atoms with Crippen LogP contribution in [-0.4, -0.2) is 51.6 Å². The first-order chi connectivity index (χ1) is 12.0. The van der Waals surface area contributed by atoms with E-state index in [2.05, 4.69) is 0 Å². The second-order valence-corrected chi connectivity index (χ2v) is 7.45. The largest absolute Gasteiger partial charge is 0.432 e. The lowest BCUT2D eigenvalue weighted by atomic mass is 9.39. The van der Waals surface area contributed by atoms with Crippen molar-refractivity contribution in [2.75, 3.05) is 0 Å². The number of thioether (sulfide) groups is 1. The third-order valence-corrected chi connectivity index (χ3v) is 7.08. The van der Waals surface area contributed by atoms with E-state index in [-0.39, 0.29) is 5.43 Å². The first-order valence-corrected chi connectivity index (χ1v) is 7.26. The monoisotopic (exact) mass is 466 g/mol. The van der Waals surface area contributed by atoms with Crippen molar-refractivity contribution in [2.45, 2.75) is 45.9 Å². The van der Waals surface area contributed by atoms with Gasteiger partial charge in [0.2, 0.25) is 0 Å². The Morgan fingerprint density at radius 3 is 1.32 bits per heavy atom. The summed E-state index contributed by atoms with van der Waals surface area (Å²) >= 11 is -1.90. The minimum absolute atomic E-state index is 0.131. The fourth-order valence-electron chi connectivity index (χ4n) is 4.32. The van der Waals surface area contributed by atoms with Gasteiger partial charge in [-0.3, -0.25) is 5.43 Å². The summed E-state index contributed by atoms with van der Waals surface area (Å²) in [6.45, 7) is 0. The molecular weight excluding hydrogens is 465 g/mol. The van der Waals surface area contributed by atoms with E-state index in [9.17, 15) is 65.9 Å². The Hall–Kier alpha value is -1.23. The predicted molar refractivity (Wildman–Crippen MR) is 59.1 cm³/mol. The van der Waals surface area contributed by atoms with Gasteiger partial charge in [-0.1, -0.05) is 0 Å². The SMILES string of the molecule is FC(F)(F)C1=NN[C@]2(C(F)(F)F)[C@@]3(C(F)(F)F)S[C@@]3(C(F)(F)F)[C@]12C(F)(F)F. The highest BCUT2D eigenvalue weighted by molar-refractivity contribution is 8.10. The molecule has 0 amide bonds. The molecule has 3 rings (SSSR count). The van der Waals surface area contributed by atoms with Gasteiger partial charge in [0, 0.05) is 0 Å². The summed E-state index contributed by atoms with van der Waals surface area (Å²) in [5.41, 5.74) is -15.4. The Labute approximate surface area is 146 Å². The zero-order valence-electron chi connectivity index (χ0n) is 12.0. The van der Waals surface area contributed by atoms with Crippen LogP contribution in [0.2, 0.25) is 0 Å². The van der Waals surface area contributed by atoms with Crippen molar-refractivity contribution in [3.05, 3.63) is 0 Å². The van der Waals surface area contributed by atoms with Crippen molar-refractivity contribution in [1.29, 1.82) is 0 Å². The summed E-state index contributed by atoms with van der Waals surface area (Å²) in [5.74, 6) is 0. The molecule has 1 aliphatic carbocycles. The van der Waals surface area contributed by atoms with Crippen molar-refractivity contribution in [3.8, 4) is 0 Å². The van der Waals surface area contributed by atoms with E-state index in [0.29, 0.717) is 0 Å². The number of nitrogens with zero attached hydrogens (tertiary/aromatic N) is 1. The van der Waals surface area contributed by atoms with Crippen molar-refractivity contribution in [2.24, 2.45) is 10.5 Å². The van der Waals surface area contributed by atoms with Gasteiger partial charge in [0.15, 0.2) is 26.2 Å². The van der Waals surface area contributed by atoms with E-state index in [4.69, 9.17) is 0 Å². The molecule has 0 aromatic rings. The smallest absolute Gasteiger partial charge is 0.291 e. The Morgan fingerprint density at radius 2 is 1.04 bits per heavy atom. The summed E-state index contributed by atoms with van der Waals surface area (Å²) in [6, 6.07) is 0. The van der Waals surface area contributed by atoms with Crippen LogP contribution in [0.4, 0.5) is 65.9 Å². The molecule has 0 unspecified atom stereocenters. The van der Waals surface area contributed by atoms with Crippen LogP contribution in [0.25, 0.3) is 0 Å². The first kappa shape index (κ1) is 21.5. The van der Waals surface area contributed by atoms with E-state index in [1.807, 2.05) is 0 Å². The lowest BCUT2D eigenvalue weighted by molar-refractivity contribution is -0.400. The van der Waals surface area contributed by atoms with E-state index < -0.39 is 68.8 Å². The van der Waals surface area contributed by atoms with Gasteiger partial charge in [-0.2, -0.15) is 71.0 Å². The Balaban J connectivity index is 2.52.